The minimum atomic E-state index is -0.252. The summed E-state index contributed by atoms with van der Waals surface area (Å²) in [5.41, 5.74) is 0.892. The maximum Gasteiger partial charge on any atom is 0.261 e. The van der Waals surface area contributed by atoms with Crippen LogP contribution in [0.25, 0.3) is 0 Å². The zero-order valence-corrected chi connectivity index (χ0v) is 12.6. The number of nitrogens with one attached hydrogen (secondary N) is 1. The Balaban J connectivity index is 1.82. The number of halogens is 1. The molecule has 0 spiro atoms. The van der Waals surface area contributed by atoms with Gasteiger partial charge < -0.3 is 5.32 Å². The van der Waals surface area contributed by atoms with Crippen molar-refractivity contribution < 1.29 is 9.18 Å². The average Bonchev–Trinajstić information content (AvgIpc) is 2.86. The molecule has 0 fully saturated rings. The lowest BCUT2D eigenvalue weighted by atomic mass is 10.0. The Morgan fingerprint density at radius 2 is 2.20 bits per heavy atom. The van der Waals surface area contributed by atoms with Crippen molar-refractivity contribution in [1.29, 1.82) is 0 Å². The number of thiophene rings is 1. The molecule has 0 saturated heterocycles. The van der Waals surface area contributed by atoms with Crippen LogP contribution >= 0.6 is 23.1 Å². The molecule has 2 aromatic rings. The number of rotatable bonds is 2. The molecule has 5 heteroatoms. The molecular weight excluding hydrogens is 293 g/mol. The van der Waals surface area contributed by atoms with Gasteiger partial charge in [-0.15, -0.1) is 23.1 Å². The van der Waals surface area contributed by atoms with E-state index in [-0.39, 0.29) is 17.8 Å². The quantitative estimate of drug-likeness (QED) is 0.902. The number of fused-ring (bicyclic) bond motifs is 1. The summed E-state index contributed by atoms with van der Waals surface area (Å²) in [5.74, 6) is 0.611. The second-order valence-corrected chi connectivity index (χ2v) is 7.18. The molecule has 0 radical (unpaired) electrons. The van der Waals surface area contributed by atoms with Gasteiger partial charge in [-0.2, -0.15) is 0 Å². The Bertz CT molecular complexity index is 653. The molecule has 1 amide bonds. The van der Waals surface area contributed by atoms with Crippen LogP contribution in [0, 0.1) is 12.7 Å². The Labute approximate surface area is 125 Å². The molecular formula is C15H14FNOS2. The Kier molecular flexibility index (Phi) is 3.81. The topological polar surface area (TPSA) is 29.1 Å². The summed E-state index contributed by atoms with van der Waals surface area (Å²) in [6, 6.07) is 8.47. The zero-order chi connectivity index (χ0) is 14.1. The Hall–Kier alpha value is -1.33. The van der Waals surface area contributed by atoms with E-state index < -0.39 is 0 Å². The molecule has 1 aromatic heterocycles. The summed E-state index contributed by atoms with van der Waals surface area (Å²) in [5, 5.41) is 3.02. The zero-order valence-electron chi connectivity index (χ0n) is 11.0. The van der Waals surface area contributed by atoms with E-state index in [0.717, 1.165) is 27.5 Å². The molecule has 1 aliphatic heterocycles. The van der Waals surface area contributed by atoms with Crippen LogP contribution in [0.2, 0.25) is 0 Å². The van der Waals surface area contributed by atoms with Gasteiger partial charge >= 0.3 is 0 Å². The van der Waals surface area contributed by atoms with E-state index in [2.05, 4.69) is 5.32 Å². The van der Waals surface area contributed by atoms with E-state index >= 15 is 0 Å². The SMILES string of the molecule is Cc1ccc(C(=O)N[C@@H]2CCSc3ccc(F)cc32)s1. The second-order valence-electron chi connectivity index (χ2n) is 4.76. The number of hydrogen-bond donors (Lipinski definition) is 1. The first-order chi connectivity index (χ1) is 9.63. The van der Waals surface area contributed by atoms with E-state index in [4.69, 9.17) is 0 Å². The number of carbonyl (C=O) groups is 1. The van der Waals surface area contributed by atoms with Crippen molar-refractivity contribution in [3.05, 3.63) is 51.5 Å². The molecule has 1 aliphatic rings. The fourth-order valence-electron chi connectivity index (χ4n) is 2.30. The third kappa shape index (κ3) is 2.74. The van der Waals surface area contributed by atoms with Crippen molar-refractivity contribution in [2.75, 3.05) is 5.75 Å². The van der Waals surface area contributed by atoms with Crippen LogP contribution in [0.3, 0.4) is 0 Å². The van der Waals surface area contributed by atoms with Crippen LogP contribution in [0.1, 0.15) is 32.6 Å². The van der Waals surface area contributed by atoms with Gasteiger partial charge in [0.2, 0.25) is 0 Å². The standard InChI is InChI=1S/C15H14FNOS2/c1-9-2-4-14(20-9)15(18)17-12-6-7-19-13-5-3-10(16)8-11(12)13/h2-5,8,12H,6-7H2,1H3,(H,17,18)/t12-/m1/s1. The molecule has 104 valence electrons. The van der Waals surface area contributed by atoms with E-state index in [1.54, 1.807) is 17.8 Å². The molecule has 1 N–H and O–H groups in total. The highest BCUT2D eigenvalue weighted by Gasteiger charge is 2.23. The number of aryl methyl sites for hydroxylation is 1. The van der Waals surface area contributed by atoms with Gasteiger partial charge in [0, 0.05) is 15.5 Å². The molecule has 0 aliphatic carbocycles. The predicted molar refractivity (Wildman–Crippen MR) is 81.0 cm³/mol. The first kappa shape index (κ1) is 13.6. The maximum atomic E-state index is 13.4. The van der Waals surface area contributed by atoms with E-state index in [1.165, 1.54) is 23.5 Å². The summed E-state index contributed by atoms with van der Waals surface area (Å²) in [7, 11) is 0. The molecule has 3 rings (SSSR count). The summed E-state index contributed by atoms with van der Waals surface area (Å²) >= 11 is 3.19. The van der Waals surface area contributed by atoms with Gasteiger partial charge in [-0.25, -0.2) is 4.39 Å². The minimum absolute atomic E-state index is 0.0739. The lowest BCUT2D eigenvalue weighted by Crippen LogP contribution is -2.30. The lowest BCUT2D eigenvalue weighted by Gasteiger charge is -2.25. The normalized spacial score (nSPS) is 17.6. The summed E-state index contributed by atoms with van der Waals surface area (Å²) in [6.07, 6.45) is 0.831. The first-order valence-corrected chi connectivity index (χ1v) is 8.23. The Morgan fingerprint density at radius 1 is 1.35 bits per heavy atom. The predicted octanol–water partition coefficient (Wildman–Crippen LogP) is 4.16. The smallest absolute Gasteiger partial charge is 0.261 e. The van der Waals surface area contributed by atoms with Crippen molar-refractivity contribution in [3.63, 3.8) is 0 Å². The van der Waals surface area contributed by atoms with Crippen molar-refractivity contribution >= 4 is 29.0 Å². The highest BCUT2D eigenvalue weighted by Crippen LogP contribution is 2.36. The highest BCUT2D eigenvalue weighted by molar-refractivity contribution is 7.99. The monoisotopic (exact) mass is 307 g/mol. The van der Waals surface area contributed by atoms with Gasteiger partial charge in [0.15, 0.2) is 0 Å². The summed E-state index contributed by atoms with van der Waals surface area (Å²) in [6.45, 7) is 1.98. The van der Waals surface area contributed by atoms with Gasteiger partial charge in [0.25, 0.3) is 5.91 Å². The number of carbonyl (C=O) groups excluding carboxylic acids is 1. The molecule has 0 unspecified atom stereocenters. The van der Waals surface area contributed by atoms with Crippen LogP contribution in [-0.2, 0) is 0 Å². The van der Waals surface area contributed by atoms with Crippen molar-refractivity contribution in [3.8, 4) is 0 Å². The van der Waals surface area contributed by atoms with Crippen molar-refractivity contribution in [1.82, 2.24) is 5.32 Å². The molecule has 1 aromatic carbocycles. The van der Waals surface area contributed by atoms with Gasteiger partial charge in [0.05, 0.1) is 10.9 Å². The van der Waals surface area contributed by atoms with Gasteiger partial charge in [-0.05, 0) is 49.2 Å². The third-order valence-electron chi connectivity index (χ3n) is 3.28. The molecule has 0 saturated carbocycles. The average molecular weight is 307 g/mol. The van der Waals surface area contributed by atoms with Crippen molar-refractivity contribution in [2.45, 2.75) is 24.3 Å². The number of benzene rings is 1. The minimum Gasteiger partial charge on any atom is -0.344 e. The van der Waals surface area contributed by atoms with E-state index in [9.17, 15) is 9.18 Å². The molecule has 0 bridgehead atoms. The van der Waals surface area contributed by atoms with Crippen LogP contribution in [0.5, 0.6) is 0 Å². The van der Waals surface area contributed by atoms with Crippen LogP contribution in [0.15, 0.2) is 35.2 Å². The number of amides is 1. The van der Waals surface area contributed by atoms with Crippen molar-refractivity contribution in [2.24, 2.45) is 0 Å². The van der Waals surface area contributed by atoms with Crippen LogP contribution in [0.4, 0.5) is 4.39 Å². The Morgan fingerprint density at radius 3 is 2.95 bits per heavy atom. The summed E-state index contributed by atoms with van der Waals surface area (Å²) in [4.78, 5) is 15.1. The van der Waals surface area contributed by atoms with Crippen LogP contribution < -0.4 is 5.32 Å². The van der Waals surface area contributed by atoms with E-state index in [0.29, 0.717) is 4.88 Å². The largest absolute Gasteiger partial charge is 0.344 e. The van der Waals surface area contributed by atoms with Gasteiger partial charge in [0.1, 0.15) is 5.82 Å². The van der Waals surface area contributed by atoms with Gasteiger partial charge in [-0.1, -0.05) is 0 Å². The molecule has 2 nitrogen and oxygen atoms in total. The van der Waals surface area contributed by atoms with Crippen LogP contribution in [-0.4, -0.2) is 11.7 Å². The molecule has 20 heavy (non-hydrogen) atoms. The lowest BCUT2D eigenvalue weighted by molar-refractivity contribution is 0.0939. The molecule has 2 heterocycles. The maximum absolute atomic E-state index is 13.4. The summed E-state index contributed by atoms with van der Waals surface area (Å²) < 4.78 is 13.4. The number of thioether (sulfide) groups is 1. The van der Waals surface area contributed by atoms with Gasteiger partial charge in [-0.3, -0.25) is 4.79 Å². The third-order valence-corrected chi connectivity index (χ3v) is 5.40. The van der Waals surface area contributed by atoms with E-state index in [1.807, 2.05) is 19.1 Å². The highest BCUT2D eigenvalue weighted by atomic mass is 32.2. The number of hydrogen-bond acceptors (Lipinski definition) is 3. The molecule has 1 atom stereocenters. The fourth-order valence-corrected chi connectivity index (χ4v) is 4.18. The first-order valence-electron chi connectivity index (χ1n) is 6.43. The second kappa shape index (κ2) is 5.58. The fraction of sp³-hybridized carbons (Fsp3) is 0.267.